The van der Waals surface area contributed by atoms with E-state index >= 15 is 0 Å². The van der Waals surface area contributed by atoms with Crippen molar-refractivity contribution in [3.05, 3.63) is 23.8 Å². The van der Waals surface area contributed by atoms with Gasteiger partial charge in [-0.25, -0.2) is 8.42 Å². The lowest BCUT2D eigenvalue weighted by Gasteiger charge is -2.22. The Hall–Kier alpha value is -1.27. The maximum atomic E-state index is 12.2. The van der Waals surface area contributed by atoms with E-state index in [-0.39, 0.29) is 11.9 Å². The molecule has 0 bridgehead atoms. The molecule has 6 heteroatoms. The Balaban J connectivity index is 1.76. The molecule has 1 saturated heterocycles. The van der Waals surface area contributed by atoms with Crippen LogP contribution >= 0.6 is 0 Å². The maximum Gasteiger partial charge on any atom is 0.235 e. The van der Waals surface area contributed by atoms with Crippen LogP contribution in [0.25, 0.3) is 0 Å². The fourth-order valence-electron chi connectivity index (χ4n) is 2.82. The Bertz CT molecular complexity index is 580. The van der Waals surface area contributed by atoms with E-state index in [1.54, 1.807) is 0 Å². The van der Waals surface area contributed by atoms with Gasteiger partial charge < -0.3 is 10.1 Å². The molecule has 2 aliphatic rings. The second-order valence-electron chi connectivity index (χ2n) is 5.39. The van der Waals surface area contributed by atoms with Crippen molar-refractivity contribution in [3.63, 3.8) is 0 Å². The van der Waals surface area contributed by atoms with Gasteiger partial charge in [0, 0.05) is 13.2 Å². The van der Waals surface area contributed by atoms with Crippen LogP contribution in [-0.2, 0) is 21.2 Å². The van der Waals surface area contributed by atoms with Gasteiger partial charge in [-0.1, -0.05) is 12.1 Å². The van der Waals surface area contributed by atoms with Crippen molar-refractivity contribution in [2.45, 2.75) is 31.8 Å². The highest BCUT2D eigenvalue weighted by atomic mass is 32.2. The first-order valence-electron chi connectivity index (χ1n) is 7.12. The van der Waals surface area contributed by atoms with E-state index < -0.39 is 10.0 Å². The molecule has 2 heterocycles. The summed E-state index contributed by atoms with van der Waals surface area (Å²) in [6.07, 6.45) is 3.68. The molecule has 2 N–H and O–H groups in total. The second kappa shape index (κ2) is 5.61. The molecule has 1 aromatic rings. The lowest BCUT2D eigenvalue weighted by atomic mass is 10.0. The van der Waals surface area contributed by atoms with Gasteiger partial charge in [-0.3, -0.25) is 4.72 Å². The Morgan fingerprint density at radius 1 is 1.35 bits per heavy atom. The number of sulfonamides is 1. The molecule has 1 unspecified atom stereocenters. The minimum absolute atomic E-state index is 0.0384. The maximum absolute atomic E-state index is 12.2. The molecule has 110 valence electrons. The van der Waals surface area contributed by atoms with Crippen molar-refractivity contribution < 1.29 is 13.2 Å². The highest BCUT2D eigenvalue weighted by Gasteiger charge is 2.24. The fourth-order valence-corrected chi connectivity index (χ4v) is 4.17. The summed E-state index contributed by atoms with van der Waals surface area (Å²) >= 11 is 0. The number of nitrogens with one attached hydrogen (secondary N) is 2. The van der Waals surface area contributed by atoms with Crippen LogP contribution in [0.3, 0.4) is 0 Å². The van der Waals surface area contributed by atoms with Gasteiger partial charge in [0.05, 0.1) is 23.2 Å². The predicted octanol–water partition coefficient (Wildman–Crippen LogP) is 1.97. The van der Waals surface area contributed by atoms with Gasteiger partial charge in [0.25, 0.3) is 0 Å². The largest absolute Gasteiger partial charge is 0.383 e. The van der Waals surface area contributed by atoms with E-state index in [1.165, 1.54) is 5.56 Å². The van der Waals surface area contributed by atoms with Crippen molar-refractivity contribution in [2.75, 3.05) is 28.9 Å². The van der Waals surface area contributed by atoms with E-state index in [0.717, 1.165) is 37.9 Å². The summed E-state index contributed by atoms with van der Waals surface area (Å²) in [5, 5.41) is 3.29. The molecule has 0 aromatic heterocycles. The van der Waals surface area contributed by atoms with Gasteiger partial charge in [-0.2, -0.15) is 0 Å². The summed E-state index contributed by atoms with van der Waals surface area (Å²) in [6.45, 7) is 1.56. The van der Waals surface area contributed by atoms with Gasteiger partial charge in [0.1, 0.15) is 0 Å². The standard InChI is InChI=1S/C14H20N2O3S/c17-20(18,10-12-6-3-9-19-12)16-13-7-1-4-11-5-2-8-15-14(11)13/h1,4,7,12,15-16H,2-3,5-6,8-10H2. The molecule has 1 atom stereocenters. The third kappa shape index (κ3) is 3.07. The first-order valence-corrected chi connectivity index (χ1v) is 8.77. The minimum atomic E-state index is -3.37. The number of benzene rings is 1. The molecule has 0 saturated carbocycles. The van der Waals surface area contributed by atoms with Crippen molar-refractivity contribution >= 4 is 21.4 Å². The van der Waals surface area contributed by atoms with Gasteiger partial charge in [0.2, 0.25) is 10.0 Å². The van der Waals surface area contributed by atoms with Crippen LogP contribution in [0.15, 0.2) is 18.2 Å². The monoisotopic (exact) mass is 296 g/mol. The zero-order valence-corrected chi connectivity index (χ0v) is 12.2. The summed E-state index contributed by atoms with van der Waals surface area (Å²) in [4.78, 5) is 0. The Morgan fingerprint density at radius 2 is 2.25 bits per heavy atom. The van der Waals surface area contributed by atoms with E-state index in [4.69, 9.17) is 4.74 Å². The predicted molar refractivity (Wildman–Crippen MR) is 79.6 cm³/mol. The summed E-state index contributed by atoms with van der Waals surface area (Å²) in [7, 11) is -3.37. The lowest BCUT2D eigenvalue weighted by molar-refractivity contribution is 0.127. The first kappa shape index (κ1) is 13.7. The molecule has 2 aliphatic heterocycles. The van der Waals surface area contributed by atoms with Crippen LogP contribution in [0.2, 0.25) is 0 Å². The number of anilines is 2. The van der Waals surface area contributed by atoms with Crippen LogP contribution < -0.4 is 10.0 Å². The number of ether oxygens (including phenoxy) is 1. The van der Waals surface area contributed by atoms with E-state index in [1.807, 2.05) is 18.2 Å². The Labute approximate surface area is 119 Å². The molecule has 5 nitrogen and oxygen atoms in total. The quantitative estimate of drug-likeness (QED) is 0.891. The Kier molecular flexibility index (Phi) is 3.85. The molecule has 0 radical (unpaired) electrons. The van der Waals surface area contributed by atoms with Crippen LogP contribution in [0.5, 0.6) is 0 Å². The summed E-state index contributed by atoms with van der Waals surface area (Å²) in [5.74, 6) is 0.0384. The van der Waals surface area contributed by atoms with Crippen LogP contribution in [0.1, 0.15) is 24.8 Å². The summed E-state index contributed by atoms with van der Waals surface area (Å²) in [6, 6.07) is 5.75. The van der Waals surface area contributed by atoms with Crippen LogP contribution in [0, 0.1) is 0 Å². The van der Waals surface area contributed by atoms with Gasteiger partial charge in [0.15, 0.2) is 0 Å². The zero-order chi connectivity index (χ0) is 14.0. The number of rotatable bonds is 4. The van der Waals surface area contributed by atoms with E-state index in [9.17, 15) is 8.42 Å². The van der Waals surface area contributed by atoms with Crippen molar-refractivity contribution in [1.29, 1.82) is 0 Å². The van der Waals surface area contributed by atoms with Crippen LogP contribution in [-0.4, -0.2) is 33.4 Å². The van der Waals surface area contributed by atoms with Crippen molar-refractivity contribution in [3.8, 4) is 0 Å². The number of para-hydroxylation sites is 1. The molecule has 1 aromatic carbocycles. The van der Waals surface area contributed by atoms with Gasteiger partial charge >= 0.3 is 0 Å². The van der Waals surface area contributed by atoms with Crippen molar-refractivity contribution in [1.82, 2.24) is 0 Å². The third-order valence-electron chi connectivity index (χ3n) is 3.77. The van der Waals surface area contributed by atoms with E-state index in [0.29, 0.717) is 12.3 Å². The topological polar surface area (TPSA) is 67.4 Å². The molecule has 20 heavy (non-hydrogen) atoms. The summed E-state index contributed by atoms with van der Waals surface area (Å²) < 4.78 is 32.6. The van der Waals surface area contributed by atoms with Gasteiger partial charge in [-0.05, 0) is 37.3 Å². The number of hydrogen-bond acceptors (Lipinski definition) is 4. The smallest absolute Gasteiger partial charge is 0.235 e. The highest BCUT2D eigenvalue weighted by Crippen LogP contribution is 2.31. The molecule has 3 rings (SSSR count). The molecule has 1 fully saturated rings. The lowest BCUT2D eigenvalue weighted by Crippen LogP contribution is -2.26. The van der Waals surface area contributed by atoms with E-state index in [2.05, 4.69) is 10.0 Å². The molecule has 0 aliphatic carbocycles. The first-order chi connectivity index (χ1) is 9.64. The van der Waals surface area contributed by atoms with Gasteiger partial charge in [-0.15, -0.1) is 0 Å². The molecule has 0 amide bonds. The zero-order valence-electron chi connectivity index (χ0n) is 11.4. The van der Waals surface area contributed by atoms with Crippen LogP contribution in [0.4, 0.5) is 11.4 Å². The normalized spacial score (nSPS) is 22.1. The average molecular weight is 296 g/mol. The average Bonchev–Trinajstić information content (AvgIpc) is 2.91. The SMILES string of the molecule is O=S(=O)(CC1CCCO1)Nc1cccc2c1NCCC2. The summed E-state index contributed by atoms with van der Waals surface area (Å²) in [5.41, 5.74) is 2.75. The number of aryl methyl sites for hydroxylation is 1. The number of hydrogen-bond donors (Lipinski definition) is 2. The minimum Gasteiger partial charge on any atom is -0.383 e. The molecular weight excluding hydrogens is 276 g/mol. The third-order valence-corrected chi connectivity index (χ3v) is 5.11. The fraction of sp³-hybridized carbons (Fsp3) is 0.571. The molecule has 0 spiro atoms. The second-order valence-corrected chi connectivity index (χ2v) is 7.16. The van der Waals surface area contributed by atoms with Crippen molar-refractivity contribution in [2.24, 2.45) is 0 Å². The molecular formula is C14H20N2O3S. The Morgan fingerprint density at radius 3 is 3.05 bits per heavy atom. The number of fused-ring (bicyclic) bond motifs is 1. The highest BCUT2D eigenvalue weighted by molar-refractivity contribution is 7.92.